The standard InChI is InChI=1S/C16H18N2O2/c1-13(18-19)5-6-14-7-9-16(10-8-14)20-12-15-4-2-3-11-17-15/h2-4,7-11,19H,5-6,12H2,1H3/b18-13+. The SMILES string of the molecule is C/C(CCc1ccc(OCc2ccccn2)cc1)=N\O. The average Bonchev–Trinajstić information content (AvgIpc) is 2.52. The minimum Gasteiger partial charge on any atom is -0.487 e. The topological polar surface area (TPSA) is 54.7 Å². The normalized spacial score (nSPS) is 11.3. The lowest BCUT2D eigenvalue weighted by molar-refractivity contribution is 0.301. The Labute approximate surface area is 118 Å². The van der Waals surface area contributed by atoms with Crippen LogP contribution in [0.25, 0.3) is 0 Å². The summed E-state index contributed by atoms with van der Waals surface area (Å²) in [7, 11) is 0. The molecule has 0 aliphatic carbocycles. The predicted octanol–water partition coefficient (Wildman–Crippen LogP) is 3.44. The Morgan fingerprint density at radius 2 is 2.00 bits per heavy atom. The first-order chi connectivity index (χ1) is 9.78. The minimum absolute atomic E-state index is 0.469. The van der Waals surface area contributed by atoms with E-state index in [1.165, 1.54) is 5.56 Å². The molecule has 1 N–H and O–H groups in total. The van der Waals surface area contributed by atoms with E-state index >= 15 is 0 Å². The average molecular weight is 270 g/mol. The minimum atomic E-state index is 0.469. The van der Waals surface area contributed by atoms with E-state index in [0.717, 1.165) is 30.0 Å². The van der Waals surface area contributed by atoms with Crippen molar-refractivity contribution in [2.75, 3.05) is 0 Å². The first-order valence-corrected chi connectivity index (χ1v) is 6.57. The number of rotatable bonds is 6. The predicted molar refractivity (Wildman–Crippen MR) is 78.2 cm³/mol. The van der Waals surface area contributed by atoms with Crippen molar-refractivity contribution in [1.29, 1.82) is 0 Å². The monoisotopic (exact) mass is 270 g/mol. The molecule has 20 heavy (non-hydrogen) atoms. The second kappa shape index (κ2) is 7.28. The van der Waals surface area contributed by atoms with Crippen molar-refractivity contribution in [3.63, 3.8) is 0 Å². The van der Waals surface area contributed by atoms with E-state index < -0.39 is 0 Å². The Balaban J connectivity index is 1.85. The van der Waals surface area contributed by atoms with Crippen LogP contribution in [0.3, 0.4) is 0 Å². The maximum absolute atomic E-state index is 8.60. The zero-order valence-corrected chi connectivity index (χ0v) is 11.5. The van der Waals surface area contributed by atoms with Crippen molar-refractivity contribution in [2.45, 2.75) is 26.4 Å². The van der Waals surface area contributed by atoms with E-state index in [4.69, 9.17) is 9.94 Å². The van der Waals surface area contributed by atoms with Crippen LogP contribution >= 0.6 is 0 Å². The van der Waals surface area contributed by atoms with Crippen LogP contribution in [-0.4, -0.2) is 15.9 Å². The van der Waals surface area contributed by atoms with Gasteiger partial charge in [-0.15, -0.1) is 0 Å². The Morgan fingerprint density at radius 1 is 1.20 bits per heavy atom. The lowest BCUT2D eigenvalue weighted by atomic mass is 10.1. The number of aryl methyl sites for hydroxylation is 1. The van der Waals surface area contributed by atoms with Crippen molar-refractivity contribution in [3.8, 4) is 5.75 Å². The van der Waals surface area contributed by atoms with E-state index in [-0.39, 0.29) is 0 Å². The van der Waals surface area contributed by atoms with Gasteiger partial charge < -0.3 is 9.94 Å². The summed E-state index contributed by atoms with van der Waals surface area (Å²) in [6, 6.07) is 13.7. The molecule has 0 aliphatic rings. The van der Waals surface area contributed by atoms with Gasteiger partial charge in [0.05, 0.1) is 11.4 Å². The molecule has 0 spiro atoms. The first-order valence-electron chi connectivity index (χ1n) is 6.57. The summed E-state index contributed by atoms with van der Waals surface area (Å²) in [4.78, 5) is 4.21. The zero-order chi connectivity index (χ0) is 14.2. The van der Waals surface area contributed by atoms with Gasteiger partial charge in [-0.05, 0) is 49.6 Å². The molecule has 2 rings (SSSR count). The summed E-state index contributed by atoms with van der Waals surface area (Å²) in [5.74, 6) is 0.826. The summed E-state index contributed by atoms with van der Waals surface area (Å²) >= 11 is 0. The maximum atomic E-state index is 8.60. The van der Waals surface area contributed by atoms with Gasteiger partial charge in [0.15, 0.2) is 0 Å². The van der Waals surface area contributed by atoms with Crippen LogP contribution in [0, 0.1) is 0 Å². The molecule has 0 saturated carbocycles. The summed E-state index contributed by atoms with van der Waals surface area (Å²) in [5, 5.41) is 11.8. The number of hydrogen-bond acceptors (Lipinski definition) is 4. The van der Waals surface area contributed by atoms with Gasteiger partial charge in [-0.2, -0.15) is 0 Å². The van der Waals surface area contributed by atoms with Crippen LogP contribution in [0.2, 0.25) is 0 Å². The van der Waals surface area contributed by atoms with Crippen LogP contribution in [-0.2, 0) is 13.0 Å². The molecule has 2 aromatic rings. The first kappa shape index (κ1) is 14.1. The molecule has 4 nitrogen and oxygen atoms in total. The Bertz CT molecular complexity index is 550. The fourth-order valence-electron chi connectivity index (χ4n) is 1.77. The highest BCUT2D eigenvalue weighted by Gasteiger charge is 1.99. The molecule has 0 radical (unpaired) electrons. The van der Waals surface area contributed by atoms with Gasteiger partial charge in [0.25, 0.3) is 0 Å². The molecule has 0 unspecified atom stereocenters. The number of pyridine rings is 1. The summed E-state index contributed by atoms with van der Waals surface area (Å²) in [5.41, 5.74) is 2.84. The summed E-state index contributed by atoms with van der Waals surface area (Å²) in [6.07, 6.45) is 3.37. The Kier molecular flexibility index (Phi) is 5.12. The quantitative estimate of drug-likeness (QED) is 0.497. The highest BCUT2D eigenvalue weighted by molar-refractivity contribution is 5.81. The van der Waals surface area contributed by atoms with Gasteiger partial charge in [0, 0.05) is 6.20 Å². The molecule has 0 atom stereocenters. The van der Waals surface area contributed by atoms with E-state index in [9.17, 15) is 0 Å². The van der Waals surface area contributed by atoms with Crippen LogP contribution in [0.15, 0.2) is 53.8 Å². The van der Waals surface area contributed by atoms with Gasteiger partial charge in [0.1, 0.15) is 12.4 Å². The second-order valence-corrected chi connectivity index (χ2v) is 4.59. The number of oxime groups is 1. The molecule has 1 aromatic heterocycles. The number of benzene rings is 1. The Morgan fingerprint density at radius 3 is 2.65 bits per heavy atom. The highest BCUT2D eigenvalue weighted by Crippen LogP contribution is 2.15. The lowest BCUT2D eigenvalue weighted by Crippen LogP contribution is -1.98. The third-order valence-corrected chi connectivity index (χ3v) is 2.98. The number of nitrogens with zero attached hydrogens (tertiary/aromatic N) is 2. The van der Waals surface area contributed by atoms with Crippen LogP contribution < -0.4 is 4.74 Å². The fraction of sp³-hybridized carbons (Fsp3) is 0.250. The van der Waals surface area contributed by atoms with E-state index in [1.807, 2.05) is 49.4 Å². The third kappa shape index (κ3) is 4.39. The molecular weight excluding hydrogens is 252 g/mol. The molecule has 0 fully saturated rings. The number of ether oxygens (including phenoxy) is 1. The number of aromatic nitrogens is 1. The Hall–Kier alpha value is -2.36. The largest absolute Gasteiger partial charge is 0.487 e. The van der Waals surface area contributed by atoms with E-state index in [1.54, 1.807) is 6.20 Å². The molecule has 0 saturated heterocycles. The smallest absolute Gasteiger partial charge is 0.130 e. The lowest BCUT2D eigenvalue weighted by Gasteiger charge is -2.06. The van der Waals surface area contributed by atoms with Crippen LogP contribution in [0.1, 0.15) is 24.6 Å². The van der Waals surface area contributed by atoms with Crippen LogP contribution in [0.4, 0.5) is 0 Å². The highest BCUT2D eigenvalue weighted by atomic mass is 16.5. The van der Waals surface area contributed by atoms with Crippen LogP contribution in [0.5, 0.6) is 5.75 Å². The molecule has 0 aliphatic heterocycles. The van der Waals surface area contributed by atoms with Crippen molar-refractivity contribution in [2.24, 2.45) is 5.16 Å². The maximum Gasteiger partial charge on any atom is 0.130 e. The molecule has 0 bridgehead atoms. The van der Waals surface area contributed by atoms with Gasteiger partial charge >= 0.3 is 0 Å². The molecule has 4 heteroatoms. The van der Waals surface area contributed by atoms with Crippen molar-refractivity contribution in [1.82, 2.24) is 4.98 Å². The fourth-order valence-corrected chi connectivity index (χ4v) is 1.77. The summed E-state index contributed by atoms with van der Waals surface area (Å²) < 4.78 is 5.67. The molecular formula is C16H18N2O2. The van der Waals surface area contributed by atoms with Gasteiger partial charge in [-0.3, -0.25) is 4.98 Å². The molecule has 1 aromatic carbocycles. The summed E-state index contributed by atoms with van der Waals surface area (Å²) in [6.45, 7) is 2.28. The van der Waals surface area contributed by atoms with Gasteiger partial charge in [-0.1, -0.05) is 23.4 Å². The van der Waals surface area contributed by atoms with Gasteiger partial charge in [0.2, 0.25) is 0 Å². The van der Waals surface area contributed by atoms with E-state index in [0.29, 0.717) is 6.61 Å². The van der Waals surface area contributed by atoms with Gasteiger partial charge in [-0.25, -0.2) is 0 Å². The van der Waals surface area contributed by atoms with E-state index in [2.05, 4.69) is 10.1 Å². The second-order valence-electron chi connectivity index (χ2n) is 4.59. The molecule has 1 heterocycles. The van der Waals surface area contributed by atoms with Crippen molar-refractivity contribution >= 4 is 5.71 Å². The van der Waals surface area contributed by atoms with Crippen molar-refractivity contribution < 1.29 is 9.94 Å². The molecule has 104 valence electrons. The molecule has 0 amide bonds. The van der Waals surface area contributed by atoms with Crippen molar-refractivity contribution in [3.05, 3.63) is 59.9 Å². The zero-order valence-electron chi connectivity index (χ0n) is 11.5. The third-order valence-electron chi connectivity index (χ3n) is 2.98. The number of hydrogen-bond donors (Lipinski definition) is 1.